The van der Waals surface area contributed by atoms with Crippen molar-refractivity contribution in [2.45, 2.75) is 25.1 Å². The molecule has 0 spiro atoms. The zero-order chi connectivity index (χ0) is 15.3. The molecule has 21 heavy (non-hydrogen) atoms. The van der Waals surface area contributed by atoms with Gasteiger partial charge in [-0.3, -0.25) is 4.79 Å². The predicted molar refractivity (Wildman–Crippen MR) is 71.0 cm³/mol. The first-order valence-corrected chi connectivity index (χ1v) is 6.76. The molecule has 1 atom stereocenters. The molecule has 1 aliphatic heterocycles. The van der Waals surface area contributed by atoms with Crippen LogP contribution in [0.15, 0.2) is 24.3 Å². The first-order valence-electron chi connectivity index (χ1n) is 6.76. The molecular formula is C14H17F3N2O2. The van der Waals surface area contributed by atoms with Crippen molar-refractivity contribution < 1.29 is 22.7 Å². The monoisotopic (exact) mass is 302 g/mol. The summed E-state index contributed by atoms with van der Waals surface area (Å²) in [5.41, 5.74) is -0.878. The van der Waals surface area contributed by atoms with E-state index in [9.17, 15) is 18.0 Å². The number of para-hydroxylation sites is 1. The minimum Gasteiger partial charge on any atom is -0.483 e. The maximum absolute atomic E-state index is 12.8. The molecule has 2 rings (SSSR count). The van der Waals surface area contributed by atoms with Crippen LogP contribution in [0.4, 0.5) is 13.2 Å². The zero-order valence-electron chi connectivity index (χ0n) is 11.4. The molecule has 0 saturated carbocycles. The fourth-order valence-corrected chi connectivity index (χ4v) is 2.21. The molecule has 2 N–H and O–H groups in total. The van der Waals surface area contributed by atoms with Crippen LogP contribution in [-0.4, -0.2) is 31.6 Å². The summed E-state index contributed by atoms with van der Waals surface area (Å²) in [5, 5.41) is 5.88. The van der Waals surface area contributed by atoms with E-state index in [4.69, 9.17) is 4.74 Å². The van der Waals surface area contributed by atoms with E-state index >= 15 is 0 Å². The van der Waals surface area contributed by atoms with Gasteiger partial charge < -0.3 is 15.4 Å². The molecular weight excluding hydrogens is 285 g/mol. The van der Waals surface area contributed by atoms with Crippen LogP contribution in [0.3, 0.4) is 0 Å². The molecule has 1 aromatic rings. The Balaban J connectivity index is 1.89. The summed E-state index contributed by atoms with van der Waals surface area (Å²) in [7, 11) is 0. The number of amides is 1. The van der Waals surface area contributed by atoms with Crippen molar-refractivity contribution in [3.63, 3.8) is 0 Å². The molecule has 0 bridgehead atoms. The highest BCUT2D eigenvalue weighted by molar-refractivity contribution is 5.77. The molecule has 116 valence electrons. The van der Waals surface area contributed by atoms with Gasteiger partial charge in [-0.15, -0.1) is 0 Å². The van der Waals surface area contributed by atoms with Crippen molar-refractivity contribution in [2.24, 2.45) is 0 Å². The number of ether oxygens (including phenoxy) is 1. The number of benzene rings is 1. The van der Waals surface area contributed by atoms with Crippen LogP contribution in [0.1, 0.15) is 18.4 Å². The van der Waals surface area contributed by atoms with Gasteiger partial charge in [0.25, 0.3) is 5.91 Å². The summed E-state index contributed by atoms with van der Waals surface area (Å²) in [6.45, 7) is 1.16. The summed E-state index contributed by atoms with van der Waals surface area (Å²) in [6.07, 6.45) is -2.68. The quantitative estimate of drug-likeness (QED) is 0.894. The summed E-state index contributed by atoms with van der Waals surface area (Å²) >= 11 is 0. The molecule has 1 aromatic carbocycles. The fraction of sp³-hybridized carbons (Fsp3) is 0.500. The number of piperidine rings is 1. The zero-order valence-corrected chi connectivity index (χ0v) is 11.4. The number of hydrogen-bond acceptors (Lipinski definition) is 3. The minimum absolute atomic E-state index is 0.00714. The maximum atomic E-state index is 12.8. The van der Waals surface area contributed by atoms with E-state index in [1.54, 1.807) is 0 Å². The Morgan fingerprint density at radius 2 is 2.14 bits per heavy atom. The molecule has 7 heteroatoms. The number of rotatable bonds is 4. The molecule has 0 aromatic heterocycles. The van der Waals surface area contributed by atoms with Gasteiger partial charge in [-0.2, -0.15) is 13.2 Å². The van der Waals surface area contributed by atoms with E-state index in [-0.39, 0.29) is 11.8 Å². The number of carbonyl (C=O) groups is 1. The standard InChI is InChI=1S/C14H17F3N2O2/c15-14(16,17)11-5-1-2-6-12(11)21-9-13(20)19-10-4-3-7-18-8-10/h1-2,5-6,10,18H,3-4,7-9H2,(H,19,20)/t10-/m0/s1. The molecule has 0 radical (unpaired) electrons. The lowest BCUT2D eigenvalue weighted by atomic mass is 10.1. The second kappa shape index (κ2) is 6.80. The normalized spacial score (nSPS) is 19.1. The highest BCUT2D eigenvalue weighted by atomic mass is 19.4. The molecule has 1 heterocycles. The third-order valence-electron chi connectivity index (χ3n) is 3.21. The predicted octanol–water partition coefficient (Wildman–Crippen LogP) is 1.95. The Kier molecular flexibility index (Phi) is 5.06. The van der Waals surface area contributed by atoms with Crippen LogP contribution >= 0.6 is 0 Å². The lowest BCUT2D eigenvalue weighted by Crippen LogP contribution is -2.47. The summed E-state index contributed by atoms with van der Waals surface area (Å²) < 4.78 is 43.3. The van der Waals surface area contributed by atoms with E-state index in [0.717, 1.165) is 25.5 Å². The van der Waals surface area contributed by atoms with Gasteiger partial charge in [0, 0.05) is 12.6 Å². The molecule has 1 saturated heterocycles. The molecule has 0 unspecified atom stereocenters. The topological polar surface area (TPSA) is 50.4 Å². The Hall–Kier alpha value is -1.76. The van der Waals surface area contributed by atoms with Gasteiger partial charge in [-0.25, -0.2) is 0 Å². The van der Waals surface area contributed by atoms with Crippen LogP contribution in [-0.2, 0) is 11.0 Å². The molecule has 4 nitrogen and oxygen atoms in total. The van der Waals surface area contributed by atoms with Crippen molar-refractivity contribution in [1.82, 2.24) is 10.6 Å². The van der Waals surface area contributed by atoms with Crippen LogP contribution in [0.5, 0.6) is 5.75 Å². The Bertz CT molecular complexity index is 485. The summed E-state index contributed by atoms with van der Waals surface area (Å²) in [5.74, 6) is -0.748. The van der Waals surface area contributed by atoms with Crippen LogP contribution < -0.4 is 15.4 Å². The number of nitrogens with one attached hydrogen (secondary N) is 2. The van der Waals surface area contributed by atoms with Crippen LogP contribution in [0.2, 0.25) is 0 Å². The van der Waals surface area contributed by atoms with Gasteiger partial charge in [-0.05, 0) is 31.5 Å². The van der Waals surface area contributed by atoms with Crippen LogP contribution in [0, 0.1) is 0 Å². The average molecular weight is 302 g/mol. The van der Waals surface area contributed by atoms with Gasteiger partial charge >= 0.3 is 6.18 Å². The van der Waals surface area contributed by atoms with E-state index in [2.05, 4.69) is 10.6 Å². The first kappa shape index (κ1) is 15.6. The Labute approximate surface area is 120 Å². The fourth-order valence-electron chi connectivity index (χ4n) is 2.21. The first-order chi connectivity index (χ1) is 9.97. The second-order valence-corrected chi connectivity index (χ2v) is 4.89. The van der Waals surface area contributed by atoms with E-state index < -0.39 is 24.3 Å². The molecule has 1 amide bonds. The van der Waals surface area contributed by atoms with Gasteiger partial charge in [-0.1, -0.05) is 12.1 Å². The van der Waals surface area contributed by atoms with E-state index in [1.807, 2.05) is 0 Å². The number of halogens is 3. The van der Waals surface area contributed by atoms with Crippen molar-refractivity contribution >= 4 is 5.91 Å². The highest BCUT2D eigenvalue weighted by Gasteiger charge is 2.34. The lowest BCUT2D eigenvalue weighted by molar-refractivity contribution is -0.139. The second-order valence-electron chi connectivity index (χ2n) is 4.89. The van der Waals surface area contributed by atoms with Gasteiger partial charge in [0.2, 0.25) is 0 Å². The highest BCUT2D eigenvalue weighted by Crippen LogP contribution is 2.35. The van der Waals surface area contributed by atoms with Crippen molar-refractivity contribution in [2.75, 3.05) is 19.7 Å². The SMILES string of the molecule is O=C(COc1ccccc1C(F)(F)F)N[C@H]1CCCNC1. The number of carbonyl (C=O) groups excluding carboxylic acids is 1. The largest absolute Gasteiger partial charge is 0.483 e. The smallest absolute Gasteiger partial charge is 0.419 e. The number of alkyl halides is 3. The Morgan fingerprint density at radius 3 is 2.81 bits per heavy atom. The summed E-state index contributed by atoms with van der Waals surface area (Å²) in [6, 6.07) is 4.86. The third kappa shape index (κ3) is 4.63. The van der Waals surface area contributed by atoms with Gasteiger partial charge in [0.1, 0.15) is 5.75 Å². The van der Waals surface area contributed by atoms with Gasteiger partial charge in [0.05, 0.1) is 5.56 Å². The average Bonchev–Trinajstić information content (AvgIpc) is 2.45. The van der Waals surface area contributed by atoms with Crippen LogP contribution in [0.25, 0.3) is 0 Å². The molecule has 1 aliphatic rings. The maximum Gasteiger partial charge on any atom is 0.419 e. The van der Waals surface area contributed by atoms with E-state index in [1.165, 1.54) is 18.2 Å². The summed E-state index contributed by atoms with van der Waals surface area (Å²) in [4.78, 5) is 11.7. The van der Waals surface area contributed by atoms with Crippen molar-refractivity contribution in [3.05, 3.63) is 29.8 Å². The Morgan fingerprint density at radius 1 is 1.38 bits per heavy atom. The van der Waals surface area contributed by atoms with Crippen molar-refractivity contribution in [3.8, 4) is 5.75 Å². The minimum atomic E-state index is -4.50. The van der Waals surface area contributed by atoms with Gasteiger partial charge in [0.15, 0.2) is 6.61 Å². The van der Waals surface area contributed by atoms with Crippen molar-refractivity contribution in [1.29, 1.82) is 0 Å². The third-order valence-corrected chi connectivity index (χ3v) is 3.21. The molecule has 0 aliphatic carbocycles. The number of hydrogen-bond donors (Lipinski definition) is 2. The molecule has 1 fully saturated rings. The van der Waals surface area contributed by atoms with E-state index in [0.29, 0.717) is 6.54 Å². The lowest BCUT2D eigenvalue weighted by Gasteiger charge is -2.23.